The van der Waals surface area contributed by atoms with Crippen LogP contribution >= 0.6 is 11.6 Å². The summed E-state index contributed by atoms with van der Waals surface area (Å²) in [6.45, 7) is 10.0. The second-order valence-corrected chi connectivity index (χ2v) is 6.86. The van der Waals surface area contributed by atoms with Crippen LogP contribution < -0.4 is 0 Å². The molecule has 0 N–H and O–H groups in total. The van der Waals surface area contributed by atoms with E-state index >= 15 is 0 Å². The van der Waals surface area contributed by atoms with Crippen LogP contribution in [0.3, 0.4) is 0 Å². The fourth-order valence-electron chi connectivity index (χ4n) is 2.16. The van der Waals surface area contributed by atoms with Crippen LogP contribution in [0.4, 0.5) is 4.79 Å². The van der Waals surface area contributed by atoms with Crippen LogP contribution in [-0.2, 0) is 9.53 Å². The Kier molecular flexibility index (Phi) is 4.31. The van der Waals surface area contributed by atoms with E-state index in [-0.39, 0.29) is 17.1 Å². The second-order valence-electron chi connectivity index (χ2n) is 6.59. The molecule has 1 saturated heterocycles. The molecular weight excluding hydrogens is 254 g/mol. The topological polar surface area (TPSA) is 46.6 Å². The summed E-state index contributed by atoms with van der Waals surface area (Å²) in [5.41, 5.74) is -0.637. The Morgan fingerprint density at radius 1 is 1.39 bits per heavy atom. The van der Waals surface area contributed by atoms with Crippen molar-refractivity contribution in [3.8, 4) is 0 Å². The molecular formula is C13H22ClNO3. The molecule has 0 aromatic rings. The predicted octanol–water partition coefficient (Wildman–Crippen LogP) is 2.83. The number of likely N-dealkylation sites (tertiary alicyclic amines) is 1. The maximum atomic E-state index is 12.1. The number of alkyl halides is 1. The van der Waals surface area contributed by atoms with Gasteiger partial charge in [0.05, 0.1) is 11.9 Å². The number of nitrogens with zero attached hydrogens (tertiary/aromatic N) is 1. The number of hydrogen-bond donors (Lipinski definition) is 0. The maximum absolute atomic E-state index is 12.1. The Morgan fingerprint density at radius 3 is 2.39 bits per heavy atom. The third kappa shape index (κ3) is 3.87. The van der Waals surface area contributed by atoms with Gasteiger partial charge >= 0.3 is 6.09 Å². The molecule has 0 bridgehead atoms. The minimum atomic E-state index is -0.557. The average molecular weight is 276 g/mol. The molecule has 1 aliphatic rings. The summed E-state index contributed by atoms with van der Waals surface area (Å²) in [6.07, 6.45) is 0.203. The van der Waals surface area contributed by atoms with Gasteiger partial charge in [-0.3, -0.25) is 9.69 Å². The normalized spacial score (nSPS) is 23.0. The number of Topliss-reactive ketones (excluding diaryl/α,β-unsaturated/α-hetero) is 1. The van der Waals surface area contributed by atoms with Crippen molar-refractivity contribution < 1.29 is 14.3 Å². The molecule has 1 aliphatic heterocycles. The van der Waals surface area contributed by atoms with Gasteiger partial charge in [-0.1, -0.05) is 13.8 Å². The molecule has 0 aromatic heterocycles. The Bertz CT molecular complexity index is 347. The van der Waals surface area contributed by atoms with Gasteiger partial charge in [0.25, 0.3) is 0 Å². The van der Waals surface area contributed by atoms with Crippen LogP contribution in [0.2, 0.25) is 0 Å². The van der Waals surface area contributed by atoms with E-state index < -0.39 is 17.7 Å². The molecule has 0 unspecified atom stereocenters. The van der Waals surface area contributed by atoms with Gasteiger partial charge in [-0.05, 0) is 32.6 Å². The van der Waals surface area contributed by atoms with E-state index in [1.165, 1.54) is 4.90 Å². The van der Waals surface area contributed by atoms with E-state index in [2.05, 4.69) is 0 Å². The zero-order valence-corrected chi connectivity index (χ0v) is 12.5. The third-order valence-electron chi connectivity index (χ3n) is 2.85. The monoisotopic (exact) mass is 275 g/mol. The Labute approximate surface area is 114 Å². The molecule has 5 heteroatoms. The van der Waals surface area contributed by atoms with Gasteiger partial charge in [0.15, 0.2) is 5.78 Å². The van der Waals surface area contributed by atoms with Crippen molar-refractivity contribution in [2.45, 2.75) is 52.7 Å². The predicted molar refractivity (Wildman–Crippen MR) is 70.9 cm³/mol. The summed E-state index contributed by atoms with van der Waals surface area (Å²) < 4.78 is 5.33. The minimum Gasteiger partial charge on any atom is -0.444 e. The van der Waals surface area contributed by atoms with E-state index in [4.69, 9.17) is 16.3 Å². The first-order valence-corrected chi connectivity index (χ1v) is 6.67. The molecule has 0 aromatic carbocycles. The molecule has 0 saturated carbocycles. The van der Waals surface area contributed by atoms with Gasteiger partial charge < -0.3 is 4.74 Å². The summed E-state index contributed by atoms with van der Waals surface area (Å²) in [5.74, 6) is -0.187. The van der Waals surface area contributed by atoms with Crippen molar-refractivity contribution in [2.24, 2.45) is 5.41 Å². The van der Waals surface area contributed by atoms with Crippen molar-refractivity contribution in [1.29, 1.82) is 0 Å². The van der Waals surface area contributed by atoms with Crippen molar-refractivity contribution in [3.05, 3.63) is 0 Å². The lowest BCUT2D eigenvalue weighted by atomic mass is 9.90. The van der Waals surface area contributed by atoms with Crippen LogP contribution in [0, 0.1) is 5.41 Å². The van der Waals surface area contributed by atoms with E-state index in [1.54, 1.807) is 0 Å². The number of rotatable bonds is 2. The number of halogens is 1. The van der Waals surface area contributed by atoms with Crippen LogP contribution in [0.5, 0.6) is 0 Å². The van der Waals surface area contributed by atoms with E-state index in [9.17, 15) is 9.59 Å². The molecule has 18 heavy (non-hydrogen) atoms. The quantitative estimate of drug-likeness (QED) is 0.728. The summed E-state index contributed by atoms with van der Waals surface area (Å²) in [7, 11) is 0. The SMILES string of the molecule is CC1(C)C[C@H](C(=O)CCl)N(C(=O)OC(C)(C)C)C1. The fourth-order valence-corrected chi connectivity index (χ4v) is 2.34. The fraction of sp³-hybridized carbons (Fsp3) is 0.846. The van der Waals surface area contributed by atoms with Crippen molar-refractivity contribution in [3.63, 3.8) is 0 Å². The van der Waals surface area contributed by atoms with Crippen molar-refractivity contribution in [1.82, 2.24) is 4.90 Å². The molecule has 0 aliphatic carbocycles. The van der Waals surface area contributed by atoms with Crippen molar-refractivity contribution >= 4 is 23.5 Å². The maximum Gasteiger partial charge on any atom is 0.410 e. The number of hydrogen-bond acceptors (Lipinski definition) is 3. The molecule has 0 spiro atoms. The molecule has 1 heterocycles. The molecule has 1 atom stereocenters. The van der Waals surface area contributed by atoms with Crippen LogP contribution in [0.1, 0.15) is 41.0 Å². The lowest BCUT2D eigenvalue weighted by molar-refractivity contribution is -0.120. The third-order valence-corrected chi connectivity index (χ3v) is 3.12. The Hall–Kier alpha value is -0.770. The summed E-state index contributed by atoms with van der Waals surface area (Å²) in [5, 5.41) is 0. The highest BCUT2D eigenvalue weighted by Crippen LogP contribution is 2.35. The summed E-state index contributed by atoms with van der Waals surface area (Å²) in [4.78, 5) is 25.4. The van der Waals surface area contributed by atoms with Gasteiger partial charge in [0.1, 0.15) is 5.60 Å². The molecule has 1 fully saturated rings. The highest BCUT2D eigenvalue weighted by atomic mass is 35.5. The van der Waals surface area contributed by atoms with Gasteiger partial charge in [-0.25, -0.2) is 4.79 Å². The second kappa shape index (κ2) is 5.08. The number of ketones is 1. The number of carbonyl (C=O) groups excluding carboxylic acids is 2. The van der Waals surface area contributed by atoms with Crippen LogP contribution in [0.15, 0.2) is 0 Å². The van der Waals surface area contributed by atoms with Crippen LogP contribution in [-0.4, -0.2) is 40.8 Å². The number of amides is 1. The first kappa shape index (κ1) is 15.3. The highest BCUT2D eigenvalue weighted by Gasteiger charge is 2.44. The van der Waals surface area contributed by atoms with E-state index in [0.29, 0.717) is 13.0 Å². The molecule has 1 amide bonds. The molecule has 1 rings (SSSR count). The number of ether oxygens (including phenoxy) is 1. The first-order chi connectivity index (χ1) is 8.06. The lowest BCUT2D eigenvalue weighted by Gasteiger charge is -2.28. The zero-order chi connectivity index (χ0) is 14.1. The molecule has 4 nitrogen and oxygen atoms in total. The average Bonchev–Trinajstić information content (AvgIpc) is 2.51. The molecule has 0 radical (unpaired) electrons. The van der Waals surface area contributed by atoms with Crippen molar-refractivity contribution in [2.75, 3.05) is 12.4 Å². The number of carbonyl (C=O) groups is 2. The largest absolute Gasteiger partial charge is 0.444 e. The van der Waals surface area contributed by atoms with E-state index in [0.717, 1.165) is 0 Å². The smallest absolute Gasteiger partial charge is 0.410 e. The van der Waals surface area contributed by atoms with Gasteiger partial charge in [-0.2, -0.15) is 0 Å². The standard InChI is InChI=1S/C13H22ClNO3/c1-12(2,3)18-11(17)15-8-13(4,5)6-9(15)10(16)7-14/h9H,6-8H2,1-5H3/t9-/m1/s1. The lowest BCUT2D eigenvalue weighted by Crippen LogP contribution is -2.44. The Morgan fingerprint density at radius 2 is 1.94 bits per heavy atom. The first-order valence-electron chi connectivity index (χ1n) is 6.14. The highest BCUT2D eigenvalue weighted by molar-refractivity contribution is 6.28. The minimum absolute atomic E-state index is 0.0694. The zero-order valence-electron chi connectivity index (χ0n) is 11.7. The van der Waals surface area contributed by atoms with E-state index in [1.807, 2.05) is 34.6 Å². The van der Waals surface area contributed by atoms with Gasteiger partial charge in [0.2, 0.25) is 0 Å². The summed E-state index contributed by atoms with van der Waals surface area (Å²) >= 11 is 5.60. The summed E-state index contributed by atoms with van der Waals surface area (Å²) in [6, 6.07) is -0.452. The Balaban J connectivity index is 2.84. The molecule has 104 valence electrons. The van der Waals surface area contributed by atoms with Gasteiger partial charge in [0, 0.05) is 6.54 Å². The van der Waals surface area contributed by atoms with Crippen LogP contribution in [0.25, 0.3) is 0 Å². The van der Waals surface area contributed by atoms with Gasteiger partial charge in [-0.15, -0.1) is 11.6 Å².